The third-order valence-electron chi connectivity index (χ3n) is 5.90. The Morgan fingerprint density at radius 3 is 2.50 bits per heavy atom. The zero-order valence-electron chi connectivity index (χ0n) is 12.5. The second kappa shape index (κ2) is 5.58. The lowest BCUT2D eigenvalue weighted by atomic mass is 9.78. The molecule has 116 valence electrons. The molecule has 2 N–H and O–H groups in total. The van der Waals surface area contributed by atoms with E-state index in [-0.39, 0.29) is 5.25 Å². The van der Waals surface area contributed by atoms with Crippen LogP contribution in [-0.2, 0) is 9.84 Å². The van der Waals surface area contributed by atoms with Crippen molar-refractivity contribution in [3.05, 3.63) is 0 Å². The van der Waals surface area contributed by atoms with E-state index in [1.807, 2.05) is 0 Å². The summed E-state index contributed by atoms with van der Waals surface area (Å²) in [6.45, 7) is 2.26. The van der Waals surface area contributed by atoms with E-state index in [0.717, 1.165) is 38.3 Å². The quantitative estimate of drug-likeness (QED) is 0.837. The molecule has 20 heavy (non-hydrogen) atoms. The number of nitrogens with two attached hydrogens (primary N) is 1. The summed E-state index contributed by atoms with van der Waals surface area (Å²) in [5, 5.41) is -0.113. The lowest BCUT2D eigenvalue weighted by molar-refractivity contribution is 0.182. The van der Waals surface area contributed by atoms with Crippen LogP contribution in [0.2, 0.25) is 0 Å². The predicted octanol–water partition coefficient (Wildman–Crippen LogP) is 1.40. The number of rotatable bonds is 2. The third kappa shape index (κ3) is 2.90. The molecule has 0 spiro atoms. The summed E-state index contributed by atoms with van der Waals surface area (Å²) in [5.74, 6) is 1.42. The van der Waals surface area contributed by atoms with Crippen molar-refractivity contribution < 1.29 is 8.42 Å². The lowest BCUT2D eigenvalue weighted by Gasteiger charge is -2.35. The summed E-state index contributed by atoms with van der Waals surface area (Å²) in [6.07, 6.45) is 9.08. The maximum absolute atomic E-state index is 11.8. The largest absolute Gasteiger partial charge is 0.327 e. The zero-order valence-corrected chi connectivity index (χ0v) is 13.3. The van der Waals surface area contributed by atoms with Crippen LogP contribution >= 0.6 is 0 Å². The van der Waals surface area contributed by atoms with Gasteiger partial charge < -0.3 is 5.73 Å². The highest BCUT2D eigenvalue weighted by molar-refractivity contribution is 7.91. The molecule has 3 aliphatic rings. The second-order valence-electron chi connectivity index (χ2n) is 7.24. The predicted molar refractivity (Wildman–Crippen MR) is 81.3 cm³/mol. The number of likely N-dealkylation sites (tertiary alicyclic amines) is 1. The molecule has 3 fully saturated rings. The summed E-state index contributed by atoms with van der Waals surface area (Å²) in [4.78, 5) is 2.57. The van der Waals surface area contributed by atoms with E-state index < -0.39 is 9.84 Å². The Kier molecular flexibility index (Phi) is 4.13. The van der Waals surface area contributed by atoms with Crippen LogP contribution in [0.5, 0.6) is 0 Å². The molecule has 0 radical (unpaired) electrons. The molecule has 1 saturated heterocycles. The molecule has 0 aromatic heterocycles. The first-order chi connectivity index (χ1) is 9.45. The highest BCUT2D eigenvalue weighted by Gasteiger charge is 2.42. The fraction of sp³-hybridized carbons (Fsp3) is 1.00. The minimum atomic E-state index is -2.88. The van der Waals surface area contributed by atoms with E-state index in [9.17, 15) is 8.42 Å². The first kappa shape index (κ1) is 14.8. The van der Waals surface area contributed by atoms with Crippen molar-refractivity contribution >= 4 is 9.84 Å². The molecule has 1 aliphatic heterocycles. The van der Waals surface area contributed by atoms with E-state index in [1.165, 1.54) is 31.9 Å². The van der Waals surface area contributed by atoms with Gasteiger partial charge in [-0.25, -0.2) is 8.42 Å². The number of nitrogens with zero attached hydrogens (tertiary/aromatic N) is 1. The van der Waals surface area contributed by atoms with Crippen molar-refractivity contribution in [1.82, 2.24) is 4.90 Å². The average molecular weight is 300 g/mol. The Bertz CT molecular complexity index is 451. The van der Waals surface area contributed by atoms with Gasteiger partial charge in [-0.3, -0.25) is 4.90 Å². The molecular weight excluding hydrogens is 272 g/mol. The minimum absolute atomic E-state index is 0.113. The van der Waals surface area contributed by atoms with Crippen molar-refractivity contribution in [2.24, 2.45) is 17.6 Å². The number of sulfone groups is 1. The molecule has 5 unspecified atom stereocenters. The fourth-order valence-corrected chi connectivity index (χ4v) is 5.86. The molecule has 2 aliphatic carbocycles. The molecule has 5 atom stereocenters. The van der Waals surface area contributed by atoms with Crippen LogP contribution in [0.3, 0.4) is 0 Å². The van der Waals surface area contributed by atoms with Gasteiger partial charge in [0, 0.05) is 31.4 Å². The molecule has 2 saturated carbocycles. The van der Waals surface area contributed by atoms with Crippen LogP contribution in [0.15, 0.2) is 0 Å². The van der Waals surface area contributed by atoms with Gasteiger partial charge >= 0.3 is 0 Å². The van der Waals surface area contributed by atoms with Gasteiger partial charge in [0.05, 0.1) is 5.25 Å². The van der Waals surface area contributed by atoms with Crippen molar-refractivity contribution in [2.75, 3.05) is 19.3 Å². The van der Waals surface area contributed by atoms with Gasteiger partial charge in [0.1, 0.15) is 9.84 Å². The fourth-order valence-electron chi connectivity index (χ4n) is 4.69. The van der Waals surface area contributed by atoms with Gasteiger partial charge in [-0.05, 0) is 43.9 Å². The zero-order chi connectivity index (χ0) is 14.3. The topological polar surface area (TPSA) is 63.4 Å². The van der Waals surface area contributed by atoms with Crippen LogP contribution in [0.1, 0.15) is 44.9 Å². The maximum atomic E-state index is 11.8. The van der Waals surface area contributed by atoms with Crippen molar-refractivity contribution in [3.63, 3.8) is 0 Å². The molecule has 1 heterocycles. The minimum Gasteiger partial charge on any atom is -0.327 e. The van der Waals surface area contributed by atoms with Crippen LogP contribution in [-0.4, -0.2) is 50.0 Å². The highest BCUT2D eigenvalue weighted by Crippen LogP contribution is 2.39. The van der Waals surface area contributed by atoms with E-state index in [1.54, 1.807) is 0 Å². The van der Waals surface area contributed by atoms with Crippen LogP contribution in [0.25, 0.3) is 0 Å². The van der Waals surface area contributed by atoms with Crippen molar-refractivity contribution in [2.45, 2.75) is 62.3 Å². The Labute approximate surface area is 123 Å². The first-order valence-corrected chi connectivity index (χ1v) is 10.1. The number of hydrogen-bond acceptors (Lipinski definition) is 4. The summed E-state index contributed by atoms with van der Waals surface area (Å²) < 4.78 is 23.6. The van der Waals surface area contributed by atoms with Crippen molar-refractivity contribution in [1.29, 1.82) is 0 Å². The normalized spacial score (nSPS) is 43.4. The molecule has 5 heteroatoms. The molecular formula is C15H28N2O2S. The highest BCUT2D eigenvalue weighted by atomic mass is 32.2. The first-order valence-electron chi connectivity index (χ1n) is 8.13. The molecule has 0 aromatic rings. The van der Waals surface area contributed by atoms with Crippen LogP contribution in [0.4, 0.5) is 0 Å². The molecule has 3 rings (SSSR count). The van der Waals surface area contributed by atoms with Gasteiger partial charge in [0.25, 0.3) is 0 Å². The average Bonchev–Trinajstić information content (AvgIpc) is 2.83. The smallest absolute Gasteiger partial charge is 0.150 e. The van der Waals surface area contributed by atoms with Gasteiger partial charge in [-0.2, -0.15) is 0 Å². The Morgan fingerprint density at radius 1 is 1.05 bits per heavy atom. The summed E-state index contributed by atoms with van der Waals surface area (Å²) >= 11 is 0. The summed E-state index contributed by atoms with van der Waals surface area (Å²) in [7, 11) is -2.88. The molecule has 0 aromatic carbocycles. The van der Waals surface area contributed by atoms with Gasteiger partial charge in [0.15, 0.2) is 0 Å². The molecule has 0 amide bonds. The Balaban J connectivity index is 1.65. The van der Waals surface area contributed by atoms with Gasteiger partial charge in [-0.15, -0.1) is 0 Å². The SMILES string of the molecule is CS(=O)(=O)C1CCCC(N2CC3CCCC(N)C3C2)C1. The Morgan fingerprint density at radius 2 is 1.80 bits per heavy atom. The molecule has 0 bridgehead atoms. The van der Waals surface area contributed by atoms with E-state index in [0.29, 0.717) is 18.0 Å². The number of fused-ring (bicyclic) bond motifs is 1. The second-order valence-corrected chi connectivity index (χ2v) is 9.57. The van der Waals surface area contributed by atoms with Crippen LogP contribution < -0.4 is 5.73 Å². The van der Waals surface area contributed by atoms with Gasteiger partial charge in [-0.1, -0.05) is 12.8 Å². The van der Waals surface area contributed by atoms with E-state index in [2.05, 4.69) is 4.90 Å². The van der Waals surface area contributed by atoms with Crippen molar-refractivity contribution in [3.8, 4) is 0 Å². The standard InChI is InChI=1S/C15H28N2O2S/c1-20(18,19)13-6-3-5-12(8-13)17-9-11-4-2-7-15(16)14(11)10-17/h11-15H,2-10,16H2,1H3. The number of hydrogen-bond donors (Lipinski definition) is 1. The Hall–Kier alpha value is -0.130. The van der Waals surface area contributed by atoms with E-state index >= 15 is 0 Å². The molecule has 4 nitrogen and oxygen atoms in total. The van der Waals surface area contributed by atoms with Gasteiger partial charge in [0.2, 0.25) is 0 Å². The maximum Gasteiger partial charge on any atom is 0.150 e. The van der Waals surface area contributed by atoms with Crippen LogP contribution in [0, 0.1) is 11.8 Å². The monoisotopic (exact) mass is 300 g/mol. The van der Waals surface area contributed by atoms with E-state index in [4.69, 9.17) is 5.73 Å². The summed E-state index contributed by atoms with van der Waals surface area (Å²) in [6, 6.07) is 0.842. The summed E-state index contributed by atoms with van der Waals surface area (Å²) in [5.41, 5.74) is 6.29. The lowest BCUT2D eigenvalue weighted by Crippen LogP contribution is -2.42. The third-order valence-corrected chi connectivity index (χ3v) is 7.54.